The molecule has 0 radical (unpaired) electrons. The summed E-state index contributed by atoms with van der Waals surface area (Å²) in [7, 11) is -2.52. The summed E-state index contributed by atoms with van der Waals surface area (Å²) >= 11 is 0. The fourth-order valence-corrected chi connectivity index (χ4v) is 3.34. The molecule has 27 heavy (non-hydrogen) atoms. The molecule has 0 aliphatic carbocycles. The molecule has 1 N–H and O–H groups in total. The Bertz CT molecular complexity index is 970. The normalized spacial score (nSPS) is 11.0. The quantitative estimate of drug-likeness (QED) is 0.765. The number of carbonyl (C=O) groups is 2. The van der Waals surface area contributed by atoms with Gasteiger partial charge >= 0.3 is 5.97 Å². The molecular formula is C19H22N2O5S. The Morgan fingerprint density at radius 3 is 2.44 bits per heavy atom. The van der Waals surface area contributed by atoms with Crippen LogP contribution in [0.15, 0.2) is 42.5 Å². The number of hydrogen-bond donors (Lipinski definition) is 1. The van der Waals surface area contributed by atoms with Crippen molar-refractivity contribution in [3.05, 3.63) is 59.2 Å². The summed E-state index contributed by atoms with van der Waals surface area (Å²) < 4.78 is 30.0. The molecule has 2 aromatic rings. The van der Waals surface area contributed by atoms with Crippen molar-refractivity contribution in [2.24, 2.45) is 0 Å². The summed E-state index contributed by atoms with van der Waals surface area (Å²) in [5.41, 5.74) is 2.86. The third-order valence-corrected chi connectivity index (χ3v) is 5.05. The second-order valence-electron chi connectivity index (χ2n) is 6.18. The monoisotopic (exact) mass is 390 g/mol. The molecule has 2 rings (SSSR count). The van der Waals surface area contributed by atoms with Gasteiger partial charge in [-0.05, 0) is 49.2 Å². The van der Waals surface area contributed by atoms with Gasteiger partial charge in [-0.25, -0.2) is 13.2 Å². The number of aryl methyl sites for hydroxylation is 2. The maximum Gasteiger partial charge on any atom is 0.337 e. The molecule has 0 saturated heterocycles. The molecule has 1 amide bonds. The molecule has 0 unspecified atom stereocenters. The van der Waals surface area contributed by atoms with E-state index in [4.69, 9.17) is 0 Å². The van der Waals surface area contributed by atoms with E-state index < -0.39 is 28.4 Å². The fourth-order valence-electron chi connectivity index (χ4n) is 2.50. The standard InChI is InChI=1S/C19H22N2O5S/c1-13-8-9-14(2)17(10-13)20-18(22)12-21(27(4,24)25)16-7-5-6-15(11-16)19(23)26-3/h5-11H,12H2,1-4H3,(H,20,22). The van der Waals surface area contributed by atoms with Gasteiger partial charge in [-0.1, -0.05) is 18.2 Å². The van der Waals surface area contributed by atoms with Crippen LogP contribution in [0.2, 0.25) is 0 Å². The minimum absolute atomic E-state index is 0.193. The van der Waals surface area contributed by atoms with Gasteiger partial charge in [-0.2, -0.15) is 0 Å². The molecule has 144 valence electrons. The van der Waals surface area contributed by atoms with E-state index in [1.807, 2.05) is 32.0 Å². The second kappa shape index (κ2) is 8.22. The lowest BCUT2D eigenvalue weighted by Gasteiger charge is -2.22. The molecule has 0 spiro atoms. The van der Waals surface area contributed by atoms with Gasteiger partial charge in [0.05, 0.1) is 24.6 Å². The highest BCUT2D eigenvalue weighted by Gasteiger charge is 2.22. The molecule has 0 heterocycles. The zero-order valence-corrected chi connectivity index (χ0v) is 16.5. The summed E-state index contributed by atoms with van der Waals surface area (Å²) in [6.07, 6.45) is 1.00. The average Bonchev–Trinajstić information content (AvgIpc) is 2.61. The Kier molecular flexibility index (Phi) is 6.22. The number of nitrogens with zero attached hydrogens (tertiary/aromatic N) is 1. The number of amides is 1. The molecule has 2 aromatic carbocycles. The number of sulfonamides is 1. The number of ether oxygens (including phenoxy) is 1. The van der Waals surface area contributed by atoms with E-state index in [1.165, 1.54) is 31.4 Å². The molecule has 0 aromatic heterocycles. The van der Waals surface area contributed by atoms with Crippen molar-refractivity contribution in [2.75, 3.05) is 29.5 Å². The van der Waals surface area contributed by atoms with Gasteiger partial charge in [0, 0.05) is 5.69 Å². The van der Waals surface area contributed by atoms with E-state index in [-0.39, 0.29) is 11.3 Å². The van der Waals surface area contributed by atoms with Gasteiger partial charge in [-0.3, -0.25) is 9.10 Å². The molecule has 0 saturated carbocycles. The number of esters is 1. The summed E-state index contributed by atoms with van der Waals surface area (Å²) in [6.45, 7) is 3.33. The van der Waals surface area contributed by atoms with Gasteiger partial charge in [0.1, 0.15) is 6.54 Å². The maximum atomic E-state index is 12.5. The summed E-state index contributed by atoms with van der Waals surface area (Å²) in [6, 6.07) is 11.5. The van der Waals surface area contributed by atoms with Crippen molar-refractivity contribution in [1.82, 2.24) is 0 Å². The van der Waals surface area contributed by atoms with E-state index >= 15 is 0 Å². The van der Waals surface area contributed by atoms with Crippen LogP contribution in [-0.2, 0) is 19.6 Å². The van der Waals surface area contributed by atoms with E-state index in [2.05, 4.69) is 10.1 Å². The zero-order valence-electron chi connectivity index (χ0n) is 15.6. The largest absolute Gasteiger partial charge is 0.465 e. The highest BCUT2D eigenvalue weighted by molar-refractivity contribution is 7.92. The summed E-state index contributed by atoms with van der Waals surface area (Å²) in [5.74, 6) is -1.08. The van der Waals surface area contributed by atoms with Gasteiger partial charge in [-0.15, -0.1) is 0 Å². The van der Waals surface area contributed by atoms with Crippen LogP contribution in [0.4, 0.5) is 11.4 Å². The first kappa shape index (κ1) is 20.4. The third kappa shape index (κ3) is 5.30. The van der Waals surface area contributed by atoms with E-state index in [0.29, 0.717) is 5.69 Å². The van der Waals surface area contributed by atoms with Crippen LogP contribution in [0.5, 0.6) is 0 Å². The van der Waals surface area contributed by atoms with E-state index in [9.17, 15) is 18.0 Å². The number of carbonyl (C=O) groups excluding carboxylic acids is 2. The Labute approximate surface area is 159 Å². The lowest BCUT2D eigenvalue weighted by molar-refractivity contribution is -0.114. The smallest absolute Gasteiger partial charge is 0.337 e. The van der Waals surface area contributed by atoms with Gasteiger partial charge < -0.3 is 10.1 Å². The van der Waals surface area contributed by atoms with Crippen LogP contribution in [0.25, 0.3) is 0 Å². The first-order valence-electron chi connectivity index (χ1n) is 8.15. The number of hydrogen-bond acceptors (Lipinski definition) is 5. The molecular weight excluding hydrogens is 368 g/mol. The highest BCUT2D eigenvalue weighted by Crippen LogP contribution is 2.21. The van der Waals surface area contributed by atoms with Gasteiger partial charge in [0.25, 0.3) is 0 Å². The molecule has 0 aliphatic heterocycles. The van der Waals surface area contributed by atoms with Crippen LogP contribution in [0.3, 0.4) is 0 Å². The minimum atomic E-state index is -3.75. The molecule has 7 nitrogen and oxygen atoms in total. The topological polar surface area (TPSA) is 92.8 Å². The number of methoxy groups -OCH3 is 1. The van der Waals surface area contributed by atoms with Crippen LogP contribution in [-0.4, -0.2) is 40.2 Å². The predicted octanol–water partition coefficient (Wildman–Crippen LogP) is 2.49. The van der Waals surface area contributed by atoms with Crippen LogP contribution >= 0.6 is 0 Å². The molecule has 0 fully saturated rings. The molecule has 8 heteroatoms. The maximum absolute atomic E-state index is 12.5. The first-order valence-corrected chi connectivity index (χ1v) is 10.00. The Morgan fingerprint density at radius 2 is 1.81 bits per heavy atom. The van der Waals surface area contributed by atoms with Crippen molar-refractivity contribution < 1.29 is 22.7 Å². The van der Waals surface area contributed by atoms with Crippen molar-refractivity contribution in [3.63, 3.8) is 0 Å². The molecule has 0 aliphatic rings. The Balaban J connectivity index is 2.29. The van der Waals surface area contributed by atoms with Crippen molar-refractivity contribution in [1.29, 1.82) is 0 Å². The molecule has 0 bridgehead atoms. The number of rotatable bonds is 6. The second-order valence-corrected chi connectivity index (χ2v) is 8.08. The minimum Gasteiger partial charge on any atom is -0.465 e. The van der Waals surface area contributed by atoms with Gasteiger partial charge in [0.2, 0.25) is 15.9 Å². The average molecular weight is 390 g/mol. The predicted molar refractivity (Wildman–Crippen MR) is 105 cm³/mol. The number of anilines is 2. The van der Waals surface area contributed by atoms with Gasteiger partial charge in [0.15, 0.2) is 0 Å². The molecule has 0 atom stereocenters. The van der Waals surface area contributed by atoms with Crippen molar-refractivity contribution in [3.8, 4) is 0 Å². The zero-order chi connectivity index (χ0) is 20.2. The summed E-state index contributed by atoms with van der Waals surface area (Å²) in [4.78, 5) is 24.2. The van der Waals surface area contributed by atoms with E-state index in [0.717, 1.165) is 21.7 Å². The third-order valence-electron chi connectivity index (χ3n) is 3.91. The lowest BCUT2D eigenvalue weighted by atomic mass is 10.1. The highest BCUT2D eigenvalue weighted by atomic mass is 32.2. The van der Waals surface area contributed by atoms with E-state index in [1.54, 1.807) is 0 Å². The first-order chi connectivity index (χ1) is 12.6. The van der Waals surface area contributed by atoms with Crippen molar-refractivity contribution >= 4 is 33.3 Å². The fraction of sp³-hybridized carbons (Fsp3) is 0.263. The number of benzene rings is 2. The summed E-state index contributed by atoms with van der Waals surface area (Å²) in [5, 5.41) is 2.74. The Hall–Kier alpha value is -2.87. The Morgan fingerprint density at radius 1 is 1.11 bits per heavy atom. The lowest BCUT2D eigenvalue weighted by Crippen LogP contribution is -2.37. The van der Waals surface area contributed by atoms with Crippen LogP contribution < -0.4 is 9.62 Å². The van der Waals surface area contributed by atoms with Crippen molar-refractivity contribution in [2.45, 2.75) is 13.8 Å². The number of nitrogens with one attached hydrogen (secondary N) is 1. The van der Waals surface area contributed by atoms with Crippen LogP contribution in [0, 0.1) is 13.8 Å². The SMILES string of the molecule is COC(=O)c1cccc(N(CC(=O)Nc2cc(C)ccc2C)S(C)(=O)=O)c1. The van der Waals surface area contributed by atoms with Crippen LogP contribution in [0.1, 0.15) is 21.5 Å².